The number of benzene rings is 1. The summed E-state index contributed by atoms with van der Waals surface area (Å²) in [5, 5.41) is 12.6. The van der Waals surface area contributed by atoms with E-state index in [1.807, 2.05) is 12.1 Å². The zero-order valence-electron chi connectivity index (χ0n) is 8.75. The van der Waals surface area contributed by atoms with Crippen molar-refractivity contribution >= 4 is 0 Å². The van der Waals surface area contributed by atoms with Gasteiger partial charge < -0.3 is 10.4 Å². The maximum Gasteiger partial charge on any atom is 0.115 e. The molecule has 1 aliphatic heterocycles. The fraction of sp³-hybridized carbons (Fsp3) is 0.500. The lowest BCUT2D eigenvalue weighted by molar-refractivity contribution is 0.362. The summed E-state index contributed by atoms with van der Waals surface area (Å²) in [5.74, 6) is 0.903. The van der Waals surface area contributed by atoms with Gasteiger partial charge in [-0.05, 0) is 23.1 Å². The van der Waals surface area contributed by atoms with Crippen molar-refractivity contribution in [1.29, 1.82) is 0 Å². The van der Waals surface area contributed by atoms with Crippen molar-refractivity contribution in [3.05, 3.63) is 29.8 Å². The Labute approximate surface area is 85.0 Å². The molecule has 1 atom stereocenters. The van der Waals surface area contributed by atoms with Crippen LogP contribution in [0, 0.1) is 5.41 Å². The maximum absolute atomic E-state index is 9.21. The molecule has 2 N–H and O–H groups in total. The highest BCUT2D eigenvalue weighted by Crippen LogP contribution is 2.38. The van der Waals surface area contributed by atoms with Gasteiger partial charge in [0.25, 0.3) is 0 Å². The molecule has 0 amide bonds. The van der Waals surface area contributed by atoms with Crippen molar-refractivity contribution in [3.8, 4) is 5.75 Å². The fourth-order valence-corrected chi connectivity index (χ4v) is 2.21. The summed E-state index contributed by atoms with van der Waals surface area (Å²) >= 11 is 0. The van der Waals surface area contributed by atoms with Crippen LogP contribution in [0.5, 0.6) is 5.75 Å². The molecule has 1 fully saturated rings. The summed E-state index contributed by atoms with van der Waals surface area (Å²) in [5.41, 5.74) is 1.63. The van der Waals surface area contributed by atoms with Crippen molar-refractivity contribution in [1.82, 2.24) is 5.32 Å². The molecule has 1 aromatic carbocycles. The molecule has 0 unspecified atom stereocenters. The Morgan fingerprint density at radius 1 is 1.29 bits per heavy atom. The third-order valence-electron chi connectivity index (χ3n) is 3.17. The molecule has 2 rings (SSSR count). The largest absolute Gasteiger partial charge is 0.508 e. The third-order valence-corrected chi connectivity index (χ3v) is 3.17. The van der Waals surface area contributed by atoms with E-state index in [9.17, 15) is 5.11 Å². The highest BCUT2D eigenvalue weighted by atomic mass is 16.3. The molecule has 1 aromatic rings. The standard InChI is InChI=1S/C12H17NO/c1-12(2)8-13-7-11(12)9-3-5-10(14)6-4-9/h3-6,11,13-14H,7-8H2,1-2H3/t11-/m1/s1. The molecule has 1 aliphatic rings. The van der Waals surface area contributed by atoms with Crippen LogP contribution >= 0.6 is 0 Å². The topological polar surface area (TPSA) is 32.3 Å². The molecular weight excluding hydrogens is 174 g/mol. The summed E-state index contributed by atoms with van der Waals surface area (Å²) in [6.07, 6.45) is 0. The average molecular weight is 191 g/mol. The molecular formula is C12H17NO. The lowest BCUT2D eigenvalue weighted by Crippen LogP contribution is -2.20. The van der Waals surface area contributed by atoms with E-state index in [2.05, 4.69) is 19.2 Å². The van der Waals surface area contributed by atoms with Crippen LogP contribution in [0.15, 0.2) is 24.3 Å². The van der Waals surface area contributed by atoms with E-state index in [1.54, 1.807) is 12.1 Å². The predicted molar refractivity (Wildman–Crippen MR) is 57.5 cm³/mol. The van der Waals surface area contributed by atoms with E-state index in [0.717, 1.165) is 13.1 Å². The Morgan fingerprint density at radius 3 is 2.43 bits per heavy atom. The molecule has 0 spiro atoms. The normalized spacial score (nSPS) is 25.1. The number of hydrogen-bond acceptors (Lipinski definition) is 2. The molecule has 76 valence electrons. The van der Waals surface area contributed by atoms with Crippen LogP contribution in [0.25, 0.3) is 0 Å². The summed E-state index contributed by atoms with van der Waals surface area (Å²) in [6.45, 7) is 6.67. The Hall–Kier alpha value is -1.02. The fourth-order valence-electron chi connectivity index (χ4n) is 2.21. The van der Waals surface area contributed by atoms with Crippen LogP contribution in [0.1, 0.15) is 25.3 Å². The van der Waals surface area contributed by atoms with E-state index in [1.165, 1.54) is 5.56 Å². The van der Waals surface area contributed by atoms with E-state index < -0.39 is 0 Å². The third kappa shape index (κ3) is 1.62. The van der Waals surface area contributed by atoms with Crippen molar-refractivity contribution in [2.24, 2.45) is 5.41 Å². The Morgan fingerprint density at radius 2 is 1.93 bits per heavy atom. The van der Waals surface area contributed by atoms with Crippen molar-refractivity contribution in [2.75, 3.05) is 13.1 Å². The van der Waals surface area contributed by atoms with E-state index in [4.69, 9.17) is 0 Å². The summed E-state index contributed by atoms with van der Waals surface area (Å²) < 4.78 is 0. The van der Waals surface area contributed by atoms with Gasteiger partial charge >= 0.3 is 0 Å². The minimum absolute atomic E-state index is 0.316. The Kier molecular flexibility index (Phi) is 2.23. The zero-order valence-corrected chi connectivity index (χ0v) is 8.75. The van der Waals surface area contributed by atoms with Crippen molar-refractivity contribution in [3.63, 3.8) is 0 Å². The molecule has 0 saturated carbocycles. The van der Waals surface area contributed by atoms with E-state index in [0.29, 0.717) is 17.1 Å². The van der Waals surface area contributed by atoms with Crippen LogP contribution in [0.4, 0.5) is 0 Å². The van der Waals surface area contributed by atoms with Crippen molar-refractivity contribution in [2.45, 2.75) is 19.8 Å². The summed E-state index contributed by atoms with van der Waals surface area (Å²) in [4.78, 5) is 0. The van der Waals surface area contributed by atoms with Gasteiger partial charge in [-0.15, -0.1) is 0 Å². The Bertz CT molecular complexity index is 316. The molecule has 14 heavy (non-hydrogen) atoms. The van der Waals surface area contributed by atoms with Crippen LogP contribution in [-0.2, 0) is 0 Å². The molecule has 1 heterocycles. The van der Waals surface area contributed by atoms with Gasteiger partial charge in [0.2, 0.25) is 0 Å². The molecule has 0 aromatic heterocycles. The van der Waals surface area contributed by atoms with Gasteiger partial charge in [0.15, 0.2) is 0 Å². The van der Waals surface area contributed by atoms with Gasteiger partial charge in [0.1, 0.15) is 5.75 Å². The number of rotatable bonds is 1. The van der Waals surface area contributed by atoms with Crippen LogP contribution in [-0.4, -0.2) is 18.2 Å². The second-order valence-corrected chi connectivity index (χ2v) is 4.76. The van der Waals surface area contributed by atoms with Gasteiger partial charge in [0.05, 0.1) is 0 Å². The van der Waals surface area contributed by atoms with E-state index in [-0.39, 0.29) is 0 Å². The first-order valence-corrected chi connectivity index (χ1v) is 5.09. The predicted octanol–water partition coefficient (Wildman–Crippen LogP) is 2.11. The number of nitrogens with one attached hydrogen (secondary N) is 1. The van der Waals surface area contributed by atoms with E-state index >= 15 is 0 Å². The van der Waals surface area contributed by atoms with Gasteiger partial charge in [0, 0.05) is 19.0 Å². The Balaban J connectivity index is 2.27. The monoisotopic (exact) mass is 191 g/mol. The first kappa shape index (κ1) is 9.53. The second-order valence-electron chi connectivity index (χ2n) is 4.76. The van der Waals surface area contributed by atoms with Gasteiger partial charge in [-0.25, -0.2) is 0 Å². The smallest absolute Gasteiger partial charge is 0.115 e. The minimum atomic E-state index is 0.316. The van der Waals surface area contributed by atoms with Gasteiger partial charge in [-0.2, -0.15) is 0 Å². The molecule has 2 heteroatoms. The number of phenols is 1. The summed E-state index contributed by atoms with van der Waals surface area (Å²) in [7, 11) is 0. The molecule has 0 bridgehead atoms. The molecule has 2 nitrogen and oxygen atoms in total. The first-order valence-electron chi connectivity index (χ1n) is 5.09. The lowest BCUT2D eigenvalue weighted by Gasteiger charge is -2.26. The lowest BCUT2D eigenvalue weighted by atomic mass is 9.78. The van der Waals surface area contributed by atoms with Crippen LogP contribution in [0.3, 0.4) is 0 Å². The average Bonchev–Trinajstić information content (AvgIpc) is 2.47. The zero-order chi connectivity index (χ0) is 10.2. The van der Waals surface area contributed by atoms with Gasteiger partial charge in [-0.3, -0.25) is 0 Å². The second kappa shape index (κ2) is 3.28. The first-order chi connectivity index (χ1) is 6.59. The maximum atomic E-state index is 9.21. The summed E-state index contributed by atoms with van der Waals surface area (Å²) in [6, 6.07) is 7.58. The number of phenolic OH excluding ortho intramolecular Hbond substituents is 1. The molecule has 1 saturated heterocycles. The minimum Gasteiger partial charge on any atom is -0.508 e. The number of hydrogen-bond donors (Lipinski definition) is 2. The SMILES string of the molecule is CC1(C)CNC[C@@H]1c1ccc(O)cc1. The highest BCUT2D eigenvalue weighted by molar-refractivity contribution is 5.30. The van der Waals surface area contributed by atoms with Gasteiger partial charge in [-0.1, -0.05) is 26.0 Å². The molecule has 0 radical (unpaired) electrons. The highest BCUT2D eigenvalue weighted by Gasteiger charge is 2.35. The quantitative estimate of drug-likeness (QED) is 0.712. The number of aromatic hydroxyl groups is 1. The molecule has 0 aliphatic carbocycles. The van der Waals surface area contributed by atoms with Crippen LogP contribution < -0.4 is 5.32 Å². The van der Waals surface area contributed by atoms with Crippen molar-refractivity contribution < 1.29 is 5.11 Å². The van der Waals surface area contributed by atoms with Crippen LogP contribution in [0.2, 0.25) is 0 Å².